The van der Waals surface area contributed by atoms with E-state index in [1.54, 1.807) is 53.1 Å². The van der Waals surface area contributed by atoms with E-state index < -0.39 is 6.03 Å². The van der Waals surface area contributed by atoms with Crippen LogP contribution in [0.3, 0.4) is 0 Å². The number of fused-ring (bicyclic) bond motifs is 1. The molecule has 0 aliphatic carbocycles. The number of hydrogen-bond acceptors (Lipinski definition) is 4. The number of carbonyl (C=O) groups is 3. The van der Waals surface area contributed by atoms with Gasteiger partial charge in [0.05, 0.1) is 12.6 Å². The van der Waals surface area contributed by atoms with E-state index in [-0.39, 0.29) is 23.9 Å². The minimum Gasteiger partial charge on any atom is -0.494 e. The number of urea groups is 1. The molecular formula is C29H31ClN4O4. The zero-order valence-electron chi connectivity index (χ0n) is 21.4. The van der Waals surface area contributed by atoms with Crippen LogP contribution >= 0.6 is 11.6 Å². The lowest BCUT2D eigenvalue weighted by atomic mass is 9.89. The Morgan fingerprint density at radius 1 is 1.05 bits per heavy atom. The van der Waals surface area contributed by atoms with Gasteiger partial charge in [0, 0.05) is 41.5 Å². The van der Waals surface area contributed by atoms with Crippen molar-refractivity contribution in [2.24, 2.45) is 5.73 Å². The summed E-state index contributed by atoms with van der Waals surface area (Å²) in [4.78, 5) is 40.8. The Bertz CT molecular complexity index is 1300. The Balaban J connectivity index is 1.55. The van der Waals surface area contributed by atoms with Crippen LogP contribution < -0.4 is 25.6 Å². The normalized spacial score (nSPS) is 16.3. The van der Waals surface area contributed by atoms with Crippen LogP contribution in [0.4, 0.5) is 16.2 Å². The maximum absolute atomic E-state index is 13.7. The number of nitrogens with one attached hydrogen (secondary N) is 1. The SMILES string of the molecule is CC(=O)N(c1ccc(Cl)cc1)C1CC(C)N(C(=O)c2ccc(OCCCNC(N)=O)cc2)c2ccccc21. The zero-order valence-corrected chi connectivity index (χ0v) is 22.1. The largest absolute Gasteiger partial charge is 0.494 e. The topological polar surface area (TPSA) is 105 Å². The van der Waals surface area contributed by atoms with Crippen molar-refractivity contribution in [3.05, 3.63) is 88.9 Å². The number of anilines is 2. The number of benzene rings is 3. The van der Waals surface area contributed by atoms with Crippen LogP contribution in [-0.4, -0.2) is 37.0 Å². The average Bonchev–Trinajstić information content (AvgIpc) is 2.89. The highest BCUT2D eigenvalue weighted by molar-refractivity contribution is 6.30. The summed E-state index contributed by atoms with van der Waals surface area (Å²) >= 11 is 6.08. The van der Waals surface area contributed by atoms with Crippen molar-refractivity contribution in [1.29, 1.82) is 0 Å². The summed E-state index contributed by atoms with van der Waals surface area (Å²) in [7, 11) is 0. The van der Waals surface area contributed by atoms with Gasteiger partial charge in [0.15, 0.2) is 0 Å². The summed E-state index contributed by atoms with van der Waals surface area (Å²) in [6.07, 6.45) is 1.19. The minimum atomic E-state index is -0.563. The first kappa shape index (κ1) is 27.0. The number of primary amides is 1. The molecule has 4 rings (SSSR count). The standard InChI is InChI=1S/C29H31ClN4O4/c1-19-18-27(34(20(2)35)23-12-10-22(30)11-13-23)25-6-3-4-7-26(25)33(19)28(36)21-8-14-24(15-9-21)38-17-5-16-32-29(31)37/h3-4,6-15,19,27H,5,16-18H2,1-2H3,(H3,31,32,37). The van der Waals surface area contributed by atoms with Gasteiger partial charge < -0.3 is 25.6 Å². The lowest BCUT2D eigenvalue weighted by molar-refractivity contribution is -0.117. The molecule has 2 atom stereocenters. The highest BCUT2D eigenvalue weighted by Gasteiger charge is 2.38. The molecule has 0 spiro atoms. The van der Waals surface area contributed by atoms with E-state index in [0.717, 1.165) is 16.9 Å². The predicted octanol–water partition coefficient (Wildman–Crippen LogP) is 5.31. The van der Waals surface area contributed by atoms with E-state index in [1.165, 1.54) is 0 Å². The zero-order chi connectivity index (χ0) is 27.2. The Morgan fingerprint density at radius 2 is 1.74 bits per heavy atom. The van der Waals surface area contributed by atoms with Crippen molar-refractivity contribution in [3.8, 4) is 5.75 Å². The molecule has 1 aliphatic heterocycles. The quantitative estimate of drug-likeness (QED) is 0.382. The summed E-state index contributed by atoms with van der Waals surface area (Å²) in [5, 5.41) is 3.11. The molecule has 4 amide bonds. The van der Waals surface area contributed by atoms with Crippen LogP contribution in [0, 0.1) is 0 Å². The number of nitrogens with zero attached hydrogens (tertiary/aromatic N) is 2. The molecule has 0 bridgehead atoms. The molecule has 8 nitrogen and oxygen atoms in total. The maximum Gasteiger partial charge on any atom is 0.312 e. The van der Waals surface area contributed by atoms with Crippen molar-refractivity contribution < 1.29 is 19.1 Å². The number of halogens is 1. The predicted molar refractivity (Wildman–Crippen MR) is 149 cm³/mol. The first-order valence-corrected chi connectivity index (χ1v) is 12.9. The second-order valence-corrected chi connectivity index (χ2v) is 9.65. The van der Waals surface area contributed by atoms with Crippen LogP contribution in [0.1, 0.15) is 48.7 Å². The molecule has 3 aromatic rings. The van der Waals surface area contributed by atoms with Gasteiger partial charge in [-0.2, -0.15) is 0 Å². The molecule has 0 radical (unpaired) electrons. The summed E-state index contributed by atoms with van der Waals surface area (Å²) in [5.74, 6) is 0.425. The van der Waals surface area contributed by atoms with Gasteiger partial charge in [-0.25, -0.2) is 4.79 Å². The molecule has 1 heterocycles. The Hall–Kier alpha value is -4.04. The molecule has 3 aromatic carbocycles. The van der Waals surface area contributed by atoms with Crippen molar-refractivity contribution >= 4 is 40.8 Å². The molecular weight excluding hydrogens is 504 g/mol. The second kappa shape index (κ2) is 12.0. The summed E-state index contributed by atoms with van der Waals surface area (Å²) in [5.41, 5.74) is 8.04. The number of rotatable bonds is 8. The maximum atomic E-state index is 13.7. The molecule has 0 saturated heterocycles. The lowest BCUT2D eigenvalue weighted by Gasteiger charge is -2.43. The van der Waals surface area contributed by atoms with Crippen molar-refractivity contribution in [2.45, 2.75) is 38.8 Å². The number of nitrogens with two attached hydrogens (primary N) is 1. The van der Waals surface area contributed by atoms with Crippen LogP contribution in [-0.2, 0) is 4.79 Å². The number of amides is 4. The average molecular weight is 535 g/mol. The lowest BCUT2D eigenvalue weighted by Crippen LogP contribution is -2.47. The Kier molecular flexibility index (Phi) is 8.53. The van der Waals surface area contributed by atoms with E-state index in [9.17, 15) is 14.4 Å². The first-order chi connectivity index (χ1) is 18.3. The highest BCUT2D eigenvalue weighted by atomic mass is 35.5. The van der Waals surface area contributed by atoms with Gasteiger partial charge in [-0.15, -0.1) is 0 Å². The van der Waals surface area contributed by atoms with Gasteiger partial charge >= 0.3 is 6.03 Å². The molecule has 0 aromatic heterocycles. The van der Waals surface area contributed by atoms with Gasteiger partial charge in [0.1, 0.15) is 5.75 Å². The number of carbonyl (C=O) groups excluding carboxylic acids is 3. The monoisotopic (exact) mass is 534 g/mol. The number of hydrogen-bond donors (Lipinski definition) is 2. The second-order valence-electron chi connectivity index (χ2n) is 9.22. The fourth-order valence-electron chi connectivity index (χ4n) is 4.83. The van der Waals surface area contributed by atoms with Crippen LogP contribution in [0.25, 0.3) is 0 Å². The fourth-order valence-corrected chi connectivity index (χ4v) is 4.95. The van der Waals surface area contributed by atoms with Crippen molar-refractivity contribution in [2.75, 3.05) is 23.0 Å². The molecule has 0 saturated carbocycles. The third-order valence-corrected chi connectivity index (χ3v) is 6.78. The van der Waals surface area contributed by atoms with Gasteiger partial charge in [-0.05, 0) is 79.9 Å². The van der Waals surface area contributed by atoms with Gasteiger partial charge in [-0.3, -0.25) is 9.59 Å². The highest BCUT2D eigenvalue weighted by Crippen LogP contribution is 2.42. The van der Waals surface area contributed by atoms with E-state index >= 15 is 0 Å². The van der Waals surface area contributed by atoms with Crippen LogP contribution in [0.15, 0.2) is 72.8 Å². The van der Waals surface area contributed by atoms with E-state index in [1.807, 2.05) is 43.3 Å². The van der Waals surface area contributed by atoms with Crippen LogP contribution in [0.5, 0.6) is 5.75 Å². The van der Waals surface area contributed by atoms with E-state index in [4.69, 9.17) is 22.1 Å². The van der Waals surface area contributed by atoms with Crippen LogP contribution in [0.2, 0.25) is 5.02 Å². The number of para-hydroxylation sites is 1. The van der Waals surface area contributed by atoms with E-state index in [0.29, 0.717) is 42.3 Å². The molecule has 9 heteroatoms. The van der Waals surface area contributed by atoms with Crippen molar-refractivity contribution in [1.82, 2.24) is 5.32 Å². The summed E-state index contributed by atoms with van der Waals surface area (Å²) in [6, 6.07) is 21.0. The third kappa shape index (κ3) is 6.08. The molecule has 2 unspecified atom stereocenters. The molecule has 3 N–H and O–H groups in total. The Labute approximate surface area is 227 Å². The fraction of sp³-hybridized carbons (Fsp3) is 0.276. The van der Waals surface area contributed by atoms with Gasteiger partial charge in [0.25, 0.3) is 5.91 Å². The smallest absolute Gasteiger partial charge is 0.312 e. The summed E-state index contributed by atoms with van der Waals surface area (Å²) < 4.78 is 5.69. The molecule has 198 valence electrons. The summed E-state index contributed by atoms with van der Waals surface area (Å²) in [6.45, 7) is 4.39. The Morgan fingerprint density at radius 3 is 2.39 bits per heavy atom. The van der Waals surface area contributed by atoms with Crippen molar-refractivity contribution in [3.63, 3.8) is 0 Å². The molecule has 1 aliphatic rings. The van der Waals surface area contributed by atoms with Gasteiger partial charge in [0.2, 0.25) is 5.91 Å². The molecule has 0 fully saturated rings. The third-order valence-electron chi connectivity index (χ3n) is 6.53. The number of ether oxygens (including phenoxy) is 1. The van der Waals surface area contributed by atoms with Gasteiger partial charge in [-0.1, -0.05) is 29.8 Å². The minimum absolute atomic E-state index is 0.0832. The molecule has 38 heavy (non-hydrogen) atoms. The first-order valence-electron chi connectivity index (χ1n) is 12.5. The van der Waals surface area contributed by atoms with E-state index in [2.05, 4.69) is 5.32 Å².